The number of nitrogens with one attached hydrogen (secondary N) is 4. The summed E-state index contributed by atoms with van der Waals surface area (Å²) in [5.41, 5.74) is 22.8. The van der Waals surface area contributed by atoms with Crippen LogP contribution in [0, 0.1) is 17.8 Å². The fourth-order valence-electron chi connectivity index (χ4n) is 9.83. The molecule has 0 saturated carbocycles. The van der Waals surface area contributed by atoms with E-state index in [9.17, 15) is 24.0 Å². The molecule has 0 rings (SSSR count). The molecule has 3 unspecified atom stereocenters. The predicted octanol–water partition coefficient (Wildman–Crippen LogP) is 10.2. The standard InChI is InChI=1S/C59H119N9O5S/c1-3-5-7-9-11-13-15-17-19-21-23-25-27-29-31-33-46-68(47-34-32-30-28-26-24-22-20-18-16-14-12-10-8-6-4-2)56(70)37-48-74-51-54(59(73)67-45-41-63)50-53(58(72)66-44-40-62)49-52(57(71)65-43-39-61)35-36-55(69)64-42-38-60/h52-54H,3-51,60-63H2,1-2H3,(H,64,69)(H,65,71)(H,66,72)(H,67,73). The Morgan fingerprint density at radius 3 is 1.07 bits per heavy atom. The average molecular weight is 1070 g/mol. The van der Waals surface area contributed by atoms with Gasteiger partial charge in [-0.1, -0.05) is 206 Å². The molecule has 0 bridgehead atoms. The lowest BCUT2D eigenvalue weighted by Crippen LogP contribution is -2.42. The van der Waals surface area contributed by atoms with Crippen LogP contribution in [0.1, 0.15) is 251 Å². The van der Waals surface area contributed by atoms with Crippen molar-refractivity contribution in [3.05, 3.63) is 0 Å². The third kappa shape index (κ3) is 44.6. The maximum atomic E-state index is 13.9. The predicted molar refractivity (Wildman–Crippen MR) is 315 cm³/mol. The largest absolute Gasteiger partial charge is 0.355 e. The van der Waals surface area contributed by atoms with Gasteiger partial charge in [-0.15, -0.1) is 0 Å². The average Bonchev–Trinajstić information content (AvgIpc) is 3.40. The number of carbonyl (C=O) groups is 5. The summed E-state index contributed by atoms with van der Waals surface area (Å²) in [6, 6.07) is 0. The Morgan fingerprint density at radius 1 is 0.392 bits per heavy atom. The Balaban J connectivity index is 5.45. The molecule has 0 aliphatic rings. The van der Waals surface area contributed by atoms with E-state index in [1.165, 1.54) is 180 Å². The van der Waals surface area contributed by atoms with Gasteiger partial charge in [0.25, 0.3) is 0 Å². The SMILES string of the molecule is CCCCCCCCCCCCCCCCCCN(CCCCCCCCCCCCCCCCCC)C(=O)CCSCC(CC(CC(CCC(=O)NCCN)C(=O)NCCN)C(=O)NCCN)C(=O)NCCN. The van der Waals surface area contributed by atoms with Crippen molar-refractivity contribution in [1.29, 1.82) is 0 Å². The molecule has 3 atom stereocenters. The van der Waals surface area contributed by atoms with E-state index in [-0.39, 0.29) is 94.5 Å². The van der Waals surface area contributed by atoms with E-state index in [2.05, 4.69) is 40.0 Å². The lowest BCUT2D eigenvalue weighted by Gasteiger charge is -2.26. The molecule has 0 spiro atoms. The van der Waals surface area contributed by atoms with Gasteiger partial charge in [0.15, 0.2) is 0 Å². The highest BCUT2D eigenvalue weighted by Gasteiger charge is 2.32. The molecule has 74 heavy (non-hydrogen) atoms. The molecule has 0 fully saturated rings. The fourth-order valence-corrected chi connectivity index (χ4v) is 10.9. The van der Waals surface area contributed by atoms with Crippen molar-refractivity contribution in [2.24, 2.45) is 40.7 Å². The molecule has 0 aromatic heterocycles. The Bertz CT molecular complexity index is 1280. The lowest BCUT2D eigenvalue weighted by molar-refractivity contribution is -0.131. The summed E-state index contributed by atoms with van der Waals surface area (Å²) < 4.78 is 0. The van der Waals surface area contributed by atoms with Crippen LogP contribution >= 0.6 is 11.8 Å². The maximum Gasteiger partial charge on any atom is 0.224 e. The Labute approximate surface area is 458 Å². The van der Waals surface area contributed by atoms with Crippen LogP contribution in [-0.4, -0.2) is 111 Å². The first-order valence-electron chi connectivity index (χ1n) is 30.9. The van der Waals surface area contributed by atoms with Crippen molar-refractivity contribution >= 4 is 41.3 Å². The number of thioether (sulfide) groups is 1. The van der Waals surface area contributed by atoms with Crippen LogP contribution in [0.5, 0.6) is 0 Å². The molecule has 15 heteroatoms. The van der Waals surface area contributed by atoms with Gasteiger partial charge in [0.1, 0.15) is 0 Å². The second-order valence-corrected chi connectivity index (χ2v) is 22.4. The normalized spacial score (nSPS) is 12.6. The van der Waals surface area contributed by atoms with Crippen LogP contribution in [-0.2, 0) is 24.0 Å². The molecule has 5 amide bonds. The zero-order valence-electron chi connectivity index (χ0n) is 48.1. The summed E-state index contributed by atoms with van der Waals surface area (Å²) in [6.45, 7) is 8.31. The fraction of sp³-hybridized carbons (Fsp3) is 0.915. The molecular weight excluding hydrogens is 947 g/mol. The second kappa shape index (κ2) is 55.3. The second-order valence-electron chi connectivity index (χ2n) is 21.3. The highest BCUT2D eigenvalue weighted by molar-refractivity contribution is 7.99. The first-order valence-corrected chi connectivity index (χ1v) is 32.1. The van der Waals surface area contributed by atoms with E-state index in [0.29, 0.717) is 31.0 Å². The van der Waals surface area contributed by atoms with Gasteiger partial charge < -0.3 is 49.1 Å². The molecule has 0 aromatic rings. The number of rotatable bonds is 57. The zero-order valence-corrected chi connectivity index (χ0v) is 48.9. The smallest absolute Gasteiger partial charge is 0.224 e. The molecule has 436 valence electrons. The van der Waals surface area contributed by atoms with Crippen molar-refractivity contribution in [2.45, 2.75) is 251 Å². The van der Waals surface area contributed by atoms with Gasteiger partial charge in [0, 0.05) is 108 Å². The first-order chi connectivity index (χ1) is 36.2. The molecule has 0 heterocycles. The Hall–Kier alpha value is -2.46. The molecule has 0 aliphatic carbocycles. The van der Waals surface area contributed by atoms with E-state index in [1.54, 1.807) is 11.8 Å². The van der Waals surface area contributed by atoms with Gasteiger partial charge in [-0.25, -0.2) is 0 Å². The summed E-state index contributed by atoms with van der Waals surface area (Å²) in [5.74, 6) is -1.88. The van der Waals surface area contributed by atoms with Crippen LogP contribution < -0.4 is 44.2 Å². The Kier molecular flexibility index (Phi) is 53.5. The third-order valence-electron chi connectivity index (χ3n) is 14.5. The van der Waals surface area contributed by atoms with Crippen molar-refractivity contribution in [2.75, 3.05) is 77.0 Å². The molecule has 0 saturated heterocycles. The monoisotopic (exact) mass is 1070 g/mol. The van der Waals surface area contributed by atoms with Crippen LogP contribution in [0.15, 0.2) is 0 Å². The van der Waals surface area contributed by atoms with Crippen LogP contribution in [0.25, 0.3) is 0 Å². The summed E-state index contributed by atoms with van der Waals surface area (Å²) in [7, 11) is 0. The van der Waals surface area contributed by atoms with Gasteiger partial charge in [0.05, 0.1) is 0 Å². The molecule has 14 nitrogen and oxygen atoms in total. The van der Waals surface area contributed by atoms with E-state index >= 15 is 0 Å². The van der Waals surface area contributed by atoms with Crippen LogP contribution in [0.3, 0.4) is 0 Å². The Morgan fingerprint density at radius 2 is 0.703 bits per heavy atom. The highest BCUT2D eigenvalue weighted by atomic mass is 32.2. The van der Waals surface area contributed by atoms with Crippen LogP contribution in [0.2, 0.25) is 0 Å². The quantitative estimate of drug-likeness (QED) is 0.0268. The number of amides is 5. The number of hydrogen-bond acceptors (Lipinski definition) is 10. The van der Waals surface area contributed by atoms with E-state index in [0.717, 1.165) is 38.8 Å². The maximum absolute atomic E-state index is 13.9. The highest BCUT2D eigenvalue weighted by Crippen LogP contribution is 2.27. The summed E-state index contributed by atoms with van der Waals surface area (Å²) in [6.07, 6.45) is 43.2. The van der Waals surface area contributed by atoms with Gasteiger partial charge >= 0.3 is 0 Å². The molecule has 0 radical (unpaired) electrons. The van der Waals surface area contributed by atoms with Gasteiger partial charge in [-0.3, -0.25) is 24.0 Å². The van der Waals surface area contributed by atoms with Gasteiger partial charge in [-0.2, -0.15) is 11.8 Å². The van der Waals surface area contributed by atoms with Crippen LogP contribution in [0.4, 0.5) is 0 Å². The third-order valence-corrected chi connectivity index (χ3v) is 15.6. The van der Waals surface area contributed by atoms with Gasteiger partial charge in [0.2, 0.25) is 29.5 Å². The topological polar surface area (TPSA) is 241 Å². The lowest BCUT2D eigenvalue weighted by atomic mass is 9.84. The number of nitrogens with zero attached hydrogens (tertiary/aromatic N) is 1. The molecule has 0 aliphatic heterocycles. The molecule has 0 aromatic carbocycles. The van der Waals surface area contributed by atoms with Gasteiger partial charge in [-0.05, 0) is 32.1 Å². The zero-order chi connectivity index (χ0) is 54.4. The van der Waals surface area contributed by atoms with Crippen molar-refractivity contribution in [3.63, 3.8) is 0 Å². The minimum absolute atomic E-state index is 0.0815. The first kappa shape index (κ1) is 71.5. The van der Waals surface area contributed by atoms with Crippen molar-refractivity contribution in [1.82, 2.24) is 26.2 Å². The molecule has 12 N–H and O–H groups in total. The van der Waals surface area contributed by atoms with Crippen molar-refractivity contribution in [3.8, 4) is 0 Å². The number of carbonyl (C=O) groups excluding carboxylic acids is 5. The summed E-state index contributed by atoms with van der Waals surface area (Å²) >= 11 is 1.55. The summed E-state index contributed by atoms with van der Waals surface area (Å²) in [4.78, 5) is 69.4. The number of hydrogen-bond donors (Lipinski definition) is 8. The van der Waals surface area contributed by atoms with E-state index in [4.69, 9.17) is 22.9 Å². The van der Waals surface area contributed by atoms with Crippen molar-refractivity contribution < 1.29 is 24.0 Å². The minimum Gasteiger partial charge on any atom is -0.355 e. The number of nitrogens with two attached hydrogens (primary N) is 4. The van der Waals surface area contributed by atoms with E-state index < -0.39 is 17.8 Å². The summed E-state index contributed by atoms with van der Waals surface area (Å²) in [5, 5.41) is 11.4. The minimum atomic E-state index is -0.715. The number of unbranched alkanes of at least 4 members (excludes halogenated alkanes) is 30. The van der Waals surface area contributed by atoms with E-state index in [1.807, 2.05) is 0 Å². The molecular formula is C59H119N9O5S.